The molecule has 2 aromatic rings. The van der Waals surface area contributed by atoms with Gasteiger partial charge in [0.1, 0.15) is 5.75 Å². The Balaban J connectivity index is 2.07. The molecule has 1 heterocycles. The Hall–Kier alpha value is -1.97. The average molecular weight is 230 g/mol. The molecule has 1 aromatic carbocycles. The molecule has 1 fully saturated rings. The van der Waals surface area contributed by atoms with E-state index in [1.165, 1.54) is 0 Å². The molecule has 0 unspecified atom stereocenters. The molecule has 4 nitrogen and oxygen atoms in total. The van der Waals surface area contributed by atoms with Gasteiger partial charge in [-0.05, 0) is 44.0 Å². The van der Waals surface area contributed by atoms with Crippen molar-refractivity contribution in [3.8, 4) is 11.4 Å². The molecule has 0 bridgehead atoms. The number of nitrogens with zero attached hydrogens (tertiary/aromatic N) is 2. The molecule has 4 heteroatoms. The number of hydrogen-bond acceptors (Lipinski definition) is 2. The molecule has 88 valence electrons. The van der Waals surface area contributed by atoms with E-state index in [1.807, 2.05) is 6.20 Å². The zero-order chi connectivity index (χ0) is 12.0. The Kier molecular flexibility index (Phi) is 1.96. The maximum atomic E-state index is 12.2. The quantitative estimate of drug-likeness (QED) is 0.855. The fraction of sp³-hybridized carbons (Fsp3) is 0.308. The van der Waals surface area contributed by atoms with Crippen LogP contribution >= 0.6 is 0 Å². The van der Waals surface area contributed by atoms with Crippen LogP contribution in [-0.4, -0.2) is 14.2 Å². The fourth-order valence-corrected chi connectivity index (χ4v) is 2.02. The van der Waals surface area contributed by atoms with Gasteiger partial charge in [-0.2, -0.15) is 0 Å². The number of aromatic nitrogens is 2. The van der Waals surface area contributed by atoms with Crippen molar-refractivity contribution in [2.24, 2.45) is 0 Å². The van der Waals surface area contributed by atoms with Crippen molar-refractivity contribution in [3.05, 3.63) is 47.1 Å². The third-order valence-electron chi connectivity index (χ3n) is 3.46. The predicted molar refractivity (Wildman–Crippen MR) is 64.6 cm³/mol. The second-order valence-electron chi connectivity index (χ2n) is 4.83. The predicted octanol–water partition coefficient (Wildman–Crippen LogP) is 1.85. The molecule has 1 saturated carbocycles. The molecular formula is C13H14N2O2. The Morgan fingerprint density at radius 2 is 1.82 bits per heavy atom. The van der Waals surface area contributed by atoms with E-state index < -0.39 is 0 Å². The van der Waals surface area contributed by atoms with E-state index in [0.29, 0.717) is 0 Å². The normalized spacial score (nSPS) is 17.0. The SMILES string of the molecule is CC1(n2ccn(-c3ccc(O)cc3)c2=O)CC1. The summed E-state index contributed by atoms with van der Waals surface area (Å²) in [4.78, 5) is 12.2. The lowest BCUT2D eigenvalue weighted by Gasteiger charge is -2.08. The lowest BCUT2D eigenvalue weighted by molar-refractivity contribution is 0.475. The van der Waals surface area contributed by atoms with Gasteiger partial charge in [0.15, 0.2) is 0 Å². The third-order valence-corrected chi connectivity index (χ3v) is 3.46. The van der Waals surface area contributed by atoms with Crippen molar-refractivity contribution >= 4 is 0 Å². The van der Waals surface area contributed by atoms with E-state index >= 15 is 0 Å². The van der Waals surface area contributed by atoms with Gasteiger partial charge in [0.2, 0.25) is 0 Å². The zero-order valence-electron chi connectivity index (χ0n) is 9.63. The first-order chi connectivity index (χ1) is 8.10. The van der Waals surface area contributed by atoms with Crippen LogP contribution < -0.4 is 5.69 Å². The first-order valence-electron chi connectivity index (χ1n) is 5.70. The molecule has 0 atom stereocenters. The van der Waals surface area contributed by atoms with E-state index in [4.69, 9.17) is 0 Å². The molecular weight excluding hydrogens is 216 g/mol. The molecule has 0 spiro atoms. The molecule has 1 aliphatic rings. The standard InChI is InChI=1S/C13H14N2O2/c1-13(6-7-13)15-9-8-14(12(15)17)10-2-4-11(16)5-3-10/h2-5,8-9,16H,6-7H2,1H3. The Bertz CT molecular complexity index is 603. The largest absolute Gasteiger partial charge is 0.508 e. The second-order valence-corrected chi connectivity index (χ2v) is 4.83. The highest BCUT2D eigenvalue weighted by molar-refractivity contribution is 5.36. The van der Waals surface area contributed by atoms with Crippen molar-refractivity contribution in [2.75, 3.05) is 0 Å². The first kappa shape index (κ1) is 10.2. The number of hydrogen-bond donors (Lipinski definition) is 1. The highest BCUT2D eigenvalue weighted by Gasteiger charge is 2.40. The summed E-state index contributed by atoms with van der Waals surface area (Å²) >= 11 is 0. The first-order valence-corrected chi connectivity index (χ1v) is 5.70. The zero-order valence-corrected chi connectivity index (χ0v) is 9.63. The molecule has 1 N–H and O–H groups in total. The minimum Gasteiger partial charge on any atom is -0.508 e. The summed E-state index contributed by atoms with van der Waals surface area (Å²) in [7, 11) is 0. The summed E-state index contributed by atoms with van der Waals surface area (Å²) in [6.45, 7) is 2.09. The van der Waals surface area contributed by atoms with Gasteiger partial charge < -0.3 is 5.11 Å². The van der Waals surface area contributed by atoms with Gasteiger partial charge in [0, 0.05) is 17.9 Å². The fourth-order valence-electron chi connectivity index (χ4n) is 2.02. The minimum absolute atomic E-state index is 0.0131. The molecule has 17 heavy (non-hydrogen) atoms. The van der Waals surface area contributed by atoms with Crippen molar-refractivity contribution in [2.45, 2.75) is 25.3 Å². The number of phenolic OH excluding ortho intramolecular Hbond substituents is 1. The van der Waals surface area contributed by atoms with Crippen LogP contribution in [-0.2, 0) is 5.54 Å². The van der Waals surface area contributed by atoms with Gasteiger partial charge in [-0.25, -0.2) is 4.79 Å². The van der Waals surface area contributed by atoms with Gasteiger partial charge in [-0.1, -0.05) is 0 Å². The topological polar surface area (TPSA) is 47.2 Å². The van der Waals surface area contributed by atoms with E-state index in [9.17, 15) is 9.90 Å². The van der Waals surface area contributed by atoms with Gasteiger partial charge in [-0.3, -0.25) is 9.13 Å². The van der Waals surface area contributed by atoms with Crippen LogP contribution in [0.1, 0.15) is 19.8 Å². The Morgan fingerprint density at radius 3 is 2.41 bits per heavy atom. The Labute approximate surface area is 98.7 Å². The van der Waals surface area contributed by atoms with Crippen molar-refractivity contribution in [1.29, 1.82) is 0 Å². The molecule has 1 aliphatic carbocycles. The smallest absolute Gasteiger partial charge is 0.333 e. The summed E-state index contributed by atoms with van der Waals surface area (Å²) in [6.07, 6.45) is 5.74. The van der Waals surface area contributed by atoms with Crippen LogP contribution in [0, 0.1) is 0 Å². The van der Waals surface area contributed by atoms with Gasteiger partial charge >= 0.3 is 5.69 Å². The van der Waals surface area contributed by atoms with Crippen LogP contribution in [0.25, 0.3) is 5.69 Å². The van der Waals surface area contributed by atoms with Crippen molar-refractivity contribution in [1.82, 2.24) is 9.13 Å². The van der Waals surface area contributed by atoms with Crippen LogP contribution in [0.4, 0.5) is 0 Å². The number of rotatable bonds is 2. The van der Waals surface area contributed by atoms with E-state index in [2.05, 4.69) is 6.92 Å². The Morgan fingerprint density at radius 1 is 1.18 bits per heavy atom. The van der Waals surface area contributed by atoms with Gasteiger partial charge in [0.05, 0.1) is 5.69 Å². The average Bonchev–Trinajstić information content (AvgIpc) is 2.92. The molecule has 0 saturated heterocycles. The number of imidazole rings is 1. The van der Waals surface area contributed by atoms with Crippen molar-refractivity contribution < 1.29 is 5.11 Å². The maximum absolute atomic E-state index is 12.2. The lowest BCUT2D eigenvalue weighted by atomic mass is 10.3. The molecule has 0 amide bonds. The second kappa shape index (κ2) is 3.26. The summed E-state index contributed by atoms with van der Waals surface area (Å²) in [5, 5.41) is 9.22. The highest BCUT2D eigenvalue weighted by atomic mass is 16.3. The van der Waals surface area contributed by atoms with Crippen LogP contribution in [0.5, 0.6) is 5.75 Å². The van der Waals surface area contributed by atoms with Crippen LogP contribution in [0.15, 0.2) is 41.5 Å². The lowest BCUT2D eigenvalue weighted by Crippen LogP contribution is -2.29. The van der Waals surface area contributed by atoms with Crippen LogP contribution in [0.3, 0.4) is 0 Å². The van der Waals surface area contributed by atoms with Gasteiger partial charge in [0.25, 0.3) is 0 Å². The van der Waals surface area contributed by atoms with Crippen molar-refractivity contribution in [3.63, 3.8) is 0 Å². The van der Waals surface area contributed by atoms with Gasteiger partial charge in [-0.15, -0.1) is 0 Å². The number of aromatic hydroxyl groups is 1. The molecule has 0 aliphatic heterocycles. The van der Waals surface area contributed by atoms with Crippen LogP contribution in [0.2, 0.25) is 0 Å². The highest BCUT2D eigenvalue weighted by Crippen LogP contribution is 2.41. The van der Waals surface area contributed by atoms with E-state index in [1.54, 1.807) is 39.6 Å². The summed E-state index contributed by atoms with van der Waals surface area (Å²) < 4.78 is 3.39. The monoisotopic (exact) mass is 230 g/mol. The van der Waals surface area contributed by atoms with E-state index in [-0.39, 0.29) is 17.0 Å². The minimum atomic E-state index is -0.0179. The molecule has 1 aromatic heterocycles. The summed E-state index contributed by atoms with van der Waals surface area (Å²) in [5.41, 5.74) is 0.769. The molecule has 3 rings (SSSR count). The maximum Gasteiger partial charge on any atom is 0.333 e. The number of benzene rings is 1. The number of phenols is 1. The molecule has 0 radical (unpaired) electrons. The third kappa shape index (κ3) is 1.56. The summed E-state index contributed by atoms with van der Waals surface area (Å²) in [5.74, 6) is 0.204. The summed E-state index contributed by atoms with van der Waals surface area (Å²) in [6, 6.07) is 6.63. The van der Waals surface area contributed by atoms with E-state index in [0.717, 1.165) is 18.5 Å².